The Kier molecular flexibility index (Phi) is 7.88. The summed E-state index contributed by atoms with van der Waals surface area (Å²) in [5.41, 5.74) is 0.748. The Morgan fingerprint density at radius 3 is 2.76 bits per heavy atom. The van der Waals surface area contributed by atoms with Gasteiger partial charge in [0.1, 0.15) is 15.5 Å². The van der Waals surface area contributed by atoms with Crippen molar-refractivity contribution in [3.63, 3.8) is 0 Å². The van der Waals surface area contributed by atoms with Gasteiger partial charge in [0.15, 0.2) is 5.13 Å². The second-order valence-corrected chi connectivity index (χ2v) is 12.6. The summed E-state index contributed by atoms with van der Waals surface area (Å²) in [6, 6.07) is 9.14. The van der Waals surface area contributed by atoms with Crippen molar-refractivity contribution in [1.82, 2.24) is 14.2 Å². The van der Waals surface area contributed by atoms with Crippen molar-refractivity contribution in [3.8, 4) is 5.75 Å². The van der Waals surface area contributed by atoms with Crippen LogP contribution in [0.5, 0.6) is 5.75 Å². The zero-order valence-electron chi connectivity index (χ0n) is 19.6. The maximum Gasteiger partial charge on any atom is 0.252 e. The van der Waals surface area contributed by atoms with Crippen LogP contribution < -0.4 is 9.64 Å². The number of likely N-dealkylation sites (N-methyl/N-ethyl adjacent to an activating group) is 1. The number of sulfonamides is 1. The normalized spacial score (nSPS) is 17.4. The van der Waals surface area contributed by atoms with Crippen LogP contribution in [-0.2, 0) is 14.8 Å². The number of carbonyl (C=O) groups is 1. The molecule has 0 radical (unpaired) electrons. The first-order chi connectivity index (χ1) is 16.3. The van der Waals surface area contributed by atoms with E-state index in [1.807, 2.05) is 44.1 Å². The van der Waals surface area contributed by atoms with Gasteiger partial charge >= 0.3 is 0 Å². The second kappa shape index (κ2) is 10.7. The fourth-order valence-electron chi connectivity index (χ4n) is 4.02. The molecule has 8 nitrogen and oxygen atoms in total. The number of amides is 1. The molecule has 184 valence electrons. The lowest BCUT2D eigenvalue weighted by atomic mass is 9.98. The number of thiazole rings is 1. The van der Waals surface area contributed by atoms with Crippen molar-refractivity contribution < 1.29 is 17.9 Å². The first kappa shape index (κ1) is 25.1. The van der Waals surface area contributed by atoms with Crippen LogP contribution >= 0.6 is 22.7 Å². The molecule has 1 aliphatic heterocycles. The van der Waals surface area contributed by atoms with E-state index in [2.05, 4.69) is 0 Å². The molecular formula is C23H30N4O4S3. The van der Waals surface area contributed by atoms with Crippen LogP contribution in [0.3, 0.4) is 0 Å². The third-order valence-corrected chi connectivity index (χ3v) is 10.0. The average molecular weight is 523 g/mol. The zero-order valence-corrected chi connectivity index (χ0v) is 22.1. The number of benzene rings is 1. The molecule has 1 aliphatic rings. The Balaban J connectivity index is 1.61. The lowest BCUT2D eigenvalue weighted by Crippen LogP contribution is -2.48. The summed E-state index contributed by atoms with van der Waals surface area (Å²) in [7, 11) is 0.335. The van der Waals surface area contributed by atoms with Crippen LogP contribution in [0.4, 0.5) is 5.13 Å². The van der Waals surface area contributed by atoms with Crippen LogP contribution in [0.1, 0.15) is 19.8 Å². The molecule has 0 N–H and O–H groups in total. The molecule has 0 bridgehead atoms. The highest BCUT2D eigenvalue weighted by Gasteiger charge is 2.36. The highest BCUT2D eigenvalue weighted by molar-refractivity contribution is 7.91. The van der Waals surface area contributed by atoms with Crippen LogP contribution in [0.15, 0.2) is 39.9 Å². The molecule has 0 spiro atoms. The average Bonchev–Trinajstić information content (AvgIpc) is 3.50. The summed E-state index contributed by atoms with van der Waals surface area (Å²) in [6.07, 6.45) is 1.31. The number of para-hydroxylation sites is 1. The SMILES string of the molecule is CCOc1cccc2sc(N(CCN(C)C)C(=O)C3CCCN(S(=O)(=O)c4cccs4)C3)nc12. The third kappa shape index (κ3) is 5.28. The molecule has 0 saturated carbocycles. The Bertz CT molecular complexity index is 1220. The Morgan fingerprint density at radius 1 is 1.24 bits per heavy atom. The molecular weight excluding hydrogens is 492 g/mol. The first-order valence-corrected chi connectivity index (χ1v) is 14.5. The maximum atomic E-state index is 13.8. The molecule has 11 heteroatoms. The van der Waals surface area contributed by atoms with Crippen LogP contribution in [-0.4, -0.2) is 75.4 Å². The quantitative estimate of drug-likeness (QED) is 0.426. The standard InChI is InChI=1S/C23H30N4O4S3/c1-4-31-18-9-5-10-19-21(18)24-23(33-19)27(14-13-25(2)3)22(28)17-8-6-12-26(16-17)34(29,30)20-11-7-15-32-20/h5,7,9-11,15,17H,4,6,8,12-14,16H2,1-3H3. The van der Waals surface area contributed by atoms with E-state index in [0.717, 1.165) is 10.2 Å². The van der Waals surface area contributed by atoms with E-state index in [-0.39, 0.29) is 12.5 Å². The molecule has 34 heavy (non-hydrogen) atoms. The number of ether oxygens (including phenoxy) is 1. The molecule has 1 fully saturated rings. The van der Waals surface area contributed by atoms with Crippen molar-refractivity contribution >= 4 is 54.0 Å². The number of anilines is 1. The molecule has 3 aromatic rings. The number of aromatic nitrogens is 1. The summed E-state index contributed by atoms with van der Waals surface area (Å²) < 4.78 is 34.6. The highest BCUT2D eigenvalue weighted by atomic mass is 32.2. The van der Waals surface area contributed by atoms with Gasteiger partial charge in [-0.2, -0.15) is 4.31 Å². The Morgan fingerprint density at radius 2 is 2.06 bits per heavy atom. The summed E-state index contributed by atoms with van der Waals surface area (Å²) in [5, 5.41) is 2.37. The third-order valence-electron chi connectivity index (χ3n) is 5.76. The van der Waals surface area contributed by atoms with Crippen molar-refractivity contribution in [2.75, 3.05) is 51.8 Å². The van der Waals surface area contributed by atoms with Crippen LogP contribution in [0.2, 0.25) is 0 Å². The number of hydrogen-bond donors (Lipinski definition) is 0. The van der Waals surface area contributed by atoms with E-state index in [1.165, 1.54) is 27.0 Å². The first-order valence-electron chi connectivity index (χ1n) is 11.3. The molecule has 1 saturated heterocycles. The van der Waals surface area contributed by atoms with Gasteiger partial charge in [-0.25, -0.2) is 13.4 Å². The number of hydrogen-bond acceptors (Lipinski definition) is 8. The molecule has 0 aliphatic carbocycles. The van der Waals surface area contributed by atoms with Gasteiger partial charge in [0.2, 0.25) is 5.91 Å². The molecule has 2 aromatic heterocycles. The van der Waals surface area contributed by atoms with Gasteiger partial charge in [0, 0.05) is 26.2 Å². The lowest BCUT2D eigenvalue weighted by molar-refractivity contribution is -0.123. The summed E-state index contributed by atoms with van der Waals surface area (Å²) >= 11 is 2.66. The largest absolute Gasteiger partial charge is 0.492 e. The fourth-order valence-corrected chi connectivity index (χ4v) is 7.70. The summed E-state index contributed by atoms with van der Waals surface area (Å²) in [6.45, 7) is 4.23. The van der Waals surface area contributed by atoms with Gasteiger partial charge in [-0.05, 0) is 57.4 Å². The van der Waals surface area contributed by atoms with E-state index < -0.39 is 15.9 Å². The molecule has 1 aromatic carbocycles. The number of rotatable bonds is 9. The van der Waals surface area contributed by atoms with E-state index >= 15 is 0 Å². The van der Waals surface area contributed by atoms with Crippen LogP contribution in [0.25, 0.3) is 10.2 Å². The minimum absolute atomic E-state index is 0.0788. The topological polar surface area (TPSA) is 83.0 Å². The van der Waals surface area contributed by atoms with Crippen molar-refractivity contribution in [2.45, 2.75) is 24.0 Å². The van der Waals surface area contributed by atoms with Gasteiger partial charge in [-0.1, -0.05) is 23.5 Å². The number of piperidine rings is 1. The van der Waals surface area contributed by atoms with E-state index in [0.29, 0.717) is 54.2 Å². The van der Waals surface area contributed by atoms with Crippen molar-refractivity contribution in [2.24, 2.45) is 5.92 Å². The number of thiophene rings is 1. The van der Waals surface area contributed by atoms with Crippen molar-refractivity contribution in [1.29, 1.82) is 0 Å². The van der Waals surface area contributed by atoms with Gasteiger partial charge in [0.25, 0.3) is 10.0 Å². The van der Waals surface area contributed by atoms with E-state index in [1.54, 1.807) is 22.4 Å². The second-order valence-electron chi connectivity index (χ2n) is 8.46. The molecule has 1 atom stereocenters. The number of carbonyl (C=O) groups excluding carboxylic acids is 1. The minimum atomic E-state index is -3.59. The van der Waals surface area contributed by atoms with Gasteiger partial charge in [-0.3, -0.25) is 9.69 Å². The molecule has 1 amide bonds. The maximum absolute atomic E-state index is 13.8. The van der Waals surface area contributed by atoms with E-state index in [9.17, 15) is 13.2 Å². The molecule has 3 heterocycles. The lowest BCUT2D eigenvalue weighted by Gasteiger charge is -2.33. The predicted molar refractivity (Wildman–Crippen MR) is 137 cm³/mol. The summed E-state index contributed by atoms with van der Waals surface area (Å²) in [4.78, 5) is 22.3. The highest BCUT2D eigenvalue weighted by Crippen LogP contribution is 2.35. The number of nitrogens with zero attached hydrogens (tertiary/aromatic N) is 4. The van der Waals surface area contributed by atoms with Crippen molar-refractivity contribution in [3.05, 3.63) is 35.7 Å². The molecule has 4 rings (SSSR count). The number of fused-ring (bicyclic) bond motifs is 1. The van der Waals surface area contributed by atoms with Gasteiger partial charge in [-0.15, -0.1) is 11.3 Å². The molecule has 1 unspecified atom stereocenters. The van der Waals surface area contributed by atoms with Gasteiger partial charge in [0.05, 0.1) is 17.2 Å². The Hall–Kier alpha value is -2.05. The van der Waals surface area contributed by atoms with Crippen LogP contribution in [0, 0.1) is 5.92 Å². The van der Waals surface area contributed by atoms with E-state index in [4.69, 9.17) is 9.72 Å². The predicted octanol–water partition coefficient (Wildman–Crippen LogP) is 3.75. The smallest absolute Gasteiger partial charge is 0.252 e. The van der Waals surface area contributed by atoms with Gasteiger partial charge < -0.3 is 9.64 Å². The fraction of sp³-hybridized carbons (Fsp3) is 0.478. The monoisotopic (exact) mass is 522 g/mol. The zero-order chi connectivity index (χ0) is 24.3. The minimum Gasteiger partial charge on any atom is -0.492 e. The Labute approximate surface area is 208 Å². The summed E-state index contributed by atoms with van der Waals surface area (Å²) in [5.74, 6) is 0.211.